The molecule has 2 atom stereocenters. The van der Waals surface area contributed by atoms with Crippen molar-refractivity contribution in [1.29, 1.82) is 0 Å². The summed E-state index contributed by atoms with van der Waals surface area (Å²) in [6, 6.07) is 2.35. The lowest BCUT2D eigenvalue weighted by Gasteiger charge is -2.38. The van der Waals surface area contributed by atoms with Crippen molar-refractivity contribution in [3.8, 4) is 0 Å². The normalized spacial score (nSPS) is 24.7. The minimum atomic E-state index is -0.786. The third kappa shape index (κ3) is 4.75. The number of pyridine rings is 1. The van der Waals surface area contributed by atoms with Crippen LogP contribution in [0.4, 0.5) is 11.6 Å². The molecule has 4 rings (SSSR count). The molecule has 0 bridgehead atoms. The van der Waals surface area contributed by atoms with Gasteiger partial charge < -0.3 is 19.4 Å². The highest BCUT2D eigenvalue weighted by molar-refractivity contribution is 14.1. The lowest BCUT2D eigenvalue weighted by atomic mass is 9.92. The number of aromatic nitrogens is 1. The number of esters is 1. The van der Waals surface area contributed by atoms with Gasteiger partial charge in [0.05, 0.1) is 15.7 Å². The van der Waals surface area contributed by atoms with Gasteiger partial charge in [-0.1, -0.05) is 6.92 Å². The molecule has 1 aromatic rings. The van der Waals surface area contributed by atoms with E-state index in [2.05, 4.69) is 56.2 Å². The van der Waals surface area contributed by atoms with E-state index in [1.165, 1.54) is 6.42 Å². The van der Waals surface area contributed by atoms with E-state index in [1.54, 1.807) is 6.92 Å². The molecule has 2 saturated heterocycles. The molecule has 8 nitrogen and oxygen atoms in total. The summed E-state index contributed by atoms with van der Waals surface area (Å²) in [7, 11) is 2.14. The van der Waals surface area contributed by atoms with E-state index in [4.69, 9.17) is 9.72 Å². The molecule has 4 heterocycles. The van der Waals surface area contributed by atoms with Crippen molar-refractivity contribution in [3.05, 3.63) is 15.2 Å². The molecule has 0 spiro atoms. The average Bonchev–Trinajstić information content (AvgIpc) is 3.23. The molecule has 2 fully saturated rings. The topological polar surface area (TPSA) is 69.2 Å². The highest BCUT2D eigenvalue weighted by Gasteiger charge is 2.41. The van der Waals surface area contributed by atoms with E-state index >= 15 is 0 Å². The largest absolute Gasteiger partial charge is 0.465 e. The molecule has 0 saturated carbocycles. The molecule has 9 heteroatoms. The fourth-order valence-corrected chi connectivity index (χ4v) is 5.84. The van der Waals surface area contributed by atoms with Crippen molar-refractivity contribution in [2.45, 2.75) is 32.7 Å². The van der Waals surface area contributed by atoms with Crippen LogP contribution in [0.25, 0.3) is 0 Å². The first-order valence-electron chi connectivity index (χ1n) is 11.8. The second kappa shape index (κ2) is 10.2. The minimum Gasteiger partial charge on any atom is -0.465 e. The van der Waals surface area contributed by atoms with Crippen molar-refractivity contribution in [3.63, 3.8) is 0 Å². The molecule has 0 radical (unpaired) electrons. The lowest BCUT2D eigenvalue weighted by Crippen LogP contribution is -2.49. The maximum atomic E-state index is 13.3. The monoisotopic (exact) mass is 555 g/mol. The summed E-state index contributed by atoms with van der Waals surface area (Å²) in [6.45, 7) is 11.3. The highest BCUT2D eigenvalue weighted by Crippen LogP contribution is 2.35. The van der Waals surface area contributed by atoms with Crippen LogP contribution in [0.15, 0.2) is 6.07 Å². The maximum Gasteiger partial charge on any atom is 0.318 e. The Hall–Kier alpha value is -1.46. The SMILES string of the molecule is CCOC(=O)C1CN(C[C@@H]2CCCN2CC)c2nc(N3CCN(C)CC3)c(I)cc2C1=O. The molecule has 3 aliphatic heterocycles. The average molecular weight is 555 g/mol. The Balaban J connectivity index is 1.69. The van der Waals surface area contributed by atoms with Gasteiger partial charge in [-0.3, -0.25) is 14.5 Å². The van der Waals surface area contributed by atoms with E-state index in [0.29, 0.717) is 18.2 Å². The predicted molar refractivity (Wildman–Crippen MR) is 134 cm³/mol. The van der Waals surface area contributed by atoms with Gasteiger partial charge in [0.2, 0.25) is 0 Å². The van der Waals surface area contributed by atoms with Gasteiger partial charge in [-0.25, -0.2) is 4.98 Å². The van der Waals surface area contributed by atoms with E-state index < -0.39 is 11.9 Å². The number of halogens is 1. The highest BCUT2D eigenvalue weighted by atomic mass is 127. The van der Waals surface area contributed by atoms with E-state index in [0.717, 1.165) is 67.4 Å². The second-order valence-corrected chi connectivity index (χ2v) is 10.1. The Morgan fingerprint density at radius 2 is 1.94 bits per heavy atom. The number of Topliss-reactive ketones (excluding diaryl/α,β-unsaturated/α-hetero) is 1. The molecule has 1 aromatic heterocycles. The van der Waals surface area contributed by atoms with Crippen LogP contribution in [-0.4, -0.2) is 98.6 Å². The summed E-state index contributed by atoms with van der Waals surface area (Å²) < 4.78 is 6.21. The van der Waals surface area contributed by atoms with Gasteiger partial charge in [0.15, 0.2) is 5.78 Å². The van der Waals surface area contributed by atoms with Crippen molar-refractivity contribution in [1.82, 2.24) is 14.8 Å². The van der Waals surface area contributed by atoms with Gasteiger partial charge in [0.1, 0.15) is 17.6 Å². The zero-order valence-corrected chi connectivity index (χ0v) is 21.5. The first-order chi connectivity index (χ1) is 15.4. The van der Waals surface area contributed by atoms with Crippen molar-refractivity contribution in [2.75, 3.05) is 75.8 Å². The van der Waals surface area contributed by atoms with Crippen molar-refractivity contribution in [2.24, 2.45) is 5.92 Å². The Labute approximate surface area is 204 Å². The smallest absolute Gasteiger partial charge is 0.318 e. The minimum absolute atomic E-state index is 0.163. The number of ether oxygens (including phenoxy) is 1. The molecule has 32 heavy (non-hydrogen) atoms. The number of fused-ring (bicyclic) bond motifs is 1. The van der Waals surface area contributed by atoms with E-state index in [9.17, 15) is 9.59 Å². The number of ketones is 1. The molecular formula is C23H34IN5O3. The first kappa shape index (κ1) is 23.7. The number of likely N-dealkylation sites (N-methyl/N-ethyl adjacent to an activating group) is 2. The van der Waals surface area contributed by atoms with Crippen LogP contribution in [-0.2, 0) is 9.53 Å². The third-order valence-electron chi connectivity index (χ3n) is 6.93. The molecule has 0 N–H and O–H groups in total. The van der Waals surface area contributed by atoms with Gasteiger partial charge in [0.25, 0.3) is 0 Å². The summed E-state index contributed by atoms with van der Waals surface area (Å²) in [5.74, 6) is 0.302. The van der Waals surface area contributed by atoms with Crippen molar-refractivity contribution < 1.29 is 14.3 Å². The maximum absolute atomic E-state index is 13.3. The number of rotatable bonds is 6. The molecule has 176 valence electrons. The summed E-state index contributed by atoms with van der Waals surface area (Å²) in [4.78, 5) is 40.3. The molecular weight excluding hydrogens is 521 g/mol. The van der Waals surface area contributed by atoms with Gasteiger partial charge >= 0.3 is 5.97 Å². The number of hydrogen-bond acceptors (Lipinski definition) is 8. The summed E-state index contributed by atoms with van der Waals surface area (Å²) in [5.41, 5.74) is 0.553. The van der Waals surface area contributed by atoms with Gasteiger partial charge in [0, 0.05) is 45.3 Å². The van der Waals surface area contributed by atoms with Gasteiger partial charge in [-0.05, 0) is 68.6 Å². The van der Waals surface area contributed by atoms with Crippen molar-refractivity contribution >= 4 is 46.0 Å². The van der Waals surface area contributed by atoms with Crippen LogP contribution >= 0.6 is 22.6 Å². The molecule has 0 amide bonds. The number of nitrogens with zero attached hydrogens (tertiary/aromatic N) is 5. The van der Waals surface area contributed by atoms with Crippen LogP contribution in [0.1, 0.15) is 37.0 Å². The zero-order chi connectivity index (χ0) is 22.8. The summed E-state index contributed by atoms with van der Waals surface area (Å²) >= 11 is 2.28. The van der Waals surface area contributed by atoms with Crippen LogP contribution in [0.3, 0.4) is 0 Å². The fraction of sp³-hybridized carbons (Fsp3) is 0.696. The Morgan fingerprint density at radius 1 is 1.19 bits per heavy atom. The molecule has 3 aliphatic rings. The van der Waals surface area contributed by atoms with E-state index in [1.807, 2.05) is 6.07 Å². The number of likely N-dealkylation sites (tertiary alicyclic amines) is 1. The Kier molecular flexibility index (Phi) is 7.56. The number of piperazine rings is 1. The van der Waals surface area contributed by atoms with Crippen LogP contribution in [0.2, 0.25) is 0 Å². The van der Waals surface area contributed by atoms with Crippen LogP contribution < -0.4 is 9.80 Å². The summed E-state index contributed by atoms with van der Waals surface area (Å²) in [5, 5.41) is 0. The summed E-state index contributed by atoms with van der Waals surface area (Å²) in [6.07, 6.45) is 2.32. The molecule has 0 aromatic carbocycles. The Bertz CT molecular complexity index is 858. The van der Waals surface area contributed by atoms with Gasteiger partial charge in [-0.15, -0.1) is 0 Å². The lowest BCUT2D eigenvalue weighted by molar-refractivity contribution is -0.145. The quantitative estimate of drug-likeness (QED) is 0.301. The fourth-order valence-electron chi connectivity index (χ4n) is 5.07. The second-order valence-electron chi connectivity index (χ2n) is 8.95. The van der Waals surface area contributed by atoms with Crippen LogP contribution in [0, 0.1) is 9.49 Å². The molecule has 0 aliphatic carbocycles. The van der Waals surface area contributed by atoms with Crippen LogP contribution in [0.5, 0.6) is 0 Å². The number of carbonyl (C=O) groups is 2. The number of hydrogen-bond donors (Lipinski definition) is 0. The molecule has 1 unspecified atom stereocenters. The van der Waals surface area contributed by atoms with Gasteiger partial charge in [-0.2, -0.15) is 0 Å². The predicted octanol–water partition coefficient (Wildman–Crippen LogP) is 2.10. The third-order valence-corrected chi connectivity index (χ3v) is 7.73. The first-order valence-corrected chi connectivity index (χ1v) is 12.8. The number of carbonyl (C=O) groups excluding carboxylic acids is 2. The Morgan fingerprint density at radius 3 is 2.62 bits per heavy atom. The number of anilines is 2. The standard InChI is InChI=1S/C23H34IN5O3/c1-4-27-8-6-7-16(27)14-29-15-18(23(31)32-5-2)20(30)17-13-19(24)22(25-21(17)29)28-11-9-26(3)10-12-28/h13,16,18H,4-12,14-15H2,1-3H3/t16-,18?/m0/s1. The van der Waals surface area contributed by atoms with E-state index in [-0.39, 0.29) is 12.4 Å². The zero-order valence-electron chi connectivity index (χ0n) is 19.3.